The molecule has 39 heavy (non-hydrogen) atoms. The Morgan fingerprint density at radius 2 is 1.44 bits per heavy atom. The first-order chi connectivity index (χ1) is 18.5. The summed E-state index contributed by atoms with van der Waals surface area (Å²) >= 11 is 0. The summed E-state index contributed by atoms with van der Waals surface area (Å²) in [6.07, 6.45) is -5.18. The van der Waals surface area contributed by atoms with Crippen molar-refractivity contribution in [1.82, 2.24) is 15.0 Å². The fraction of sp³-hybridized carbons (Fsp3) is 0.458. The molecule has 2 aromatic rings. The summed E-state index contributed by atoms with van der Waals surface area (Å²) < 4.78 is 38.9. The Hall–Kier alpha value is -4.53. The lowest BCUT2D eigenvalue weighted by Crippen LogP contribution is -2.63. The van der Waals surface area contributed by atoms with Crippen LogP contribution in [-0.2, 0) is 47.6 Å². The van der Waals surface area contributed by atoms with Gasteiger partial charge in [-0.05, 0) is 24.3 Å². The lowest BCUT2D eigenvalue weighted by atomic mass is 9.98. The Morgan fingerprint density at radius 3 is 2.00 bits per heavy atom. The minimum atomic E-state index is -1.38. The summed E-state index contributed by atoms with van der Waals surface area (Å²) in [6, 6.07) is 6.25. The van der Waals surface area contributed by atoms with E-state index in [2.05, 4.69) is 15.0 Å². The molecule has 0 saturated carbocycles. The topological polar surface area (TPSA) is 181 Å². The highest BCUT2D eigenvalue weighted by molar-refractivity contribution is 5.86. The van der Waals surface area contributed by atoms with Gasteiger partial charge in [-0.15, -0.1) is 5.10 Å². The van der Waals surface area contributed by atoms with Crippen molar-refractivity contribution in [3.05, 3.63) is 36.2 Å². The Labute approximate surface area is 222 Å². The van der Waals surface area contributed by atoms with Crippen LogP contribution >= 0.6 is 0 Å². The predicted molar refractivity (Wildman–Crippen MR) is 125 cm³/mol. The standard InChI is InChI=1S/C24H27N3O12/c1-12(28)34-11-19-20(35-13(2)29)21(36-14(3)30)22(37-15(4)31)24(39-19)38-17-8-6-16(7-9-17)27-10-18(25-26-27)23(32)33-5/h6-10,19-22,24H,11H2,1-5H3/t19-,20-,21+,22+,24-/m1/s1. The van der Waals surface area contributed by atoms with Gasteiger partial charge in [0.25, 0.3) is 0 Å². The Bertz CT molecular complexity index is 1210. The molecule has 1 fully saturated rings. The Kier molecular flexibility index (Phi) is 9.54. The average molecular weight is 549 g/mol. The number of hydrogen-bond donors (Lipinski definition) is 0. The van der Waals surface area contributed by atoms with Crippen LogP contribution in [0.5, 0.6) is 5.75 Å². The summed E-state index contributed by atoms with van der Waals surface area (Å²) in [5, 5.41) is 7.61. The summed E-state index contributed by atoms with van der Waals surface area (Å²) in [7, 11) is 1.22. The fourth-order valence-corrected chi connectivity index (χ4v) is 3.68. The van der Waals surface area contributed by atoms with Crippen LogP contribution in [0.1, 0.15) is 38.2 Å². The number of nitrogens with zero attached hydrogens (tertiary/aromatic N) is 3. The van der Waals surface area contributed by atoms with Crippen molar-refractivity contribution in [1.29, 1.82) is 0 Å². The van der Waals surface area contributed by atoms with Crippen molar-refractivity contribution in [3.63, 3.8) is 0 Å². The third-order valence-electron chi connectivity index (χ3n) is 5.19. The second-order valence-corrected chi connectivity index (χ2v) is 8.22. The number of methoxy groups -OCH3 is 1. The third-order valence-corrected chi connectivity index (χ3v) is 5.19. The van der Waals surface area contributed by atoms with E-state index in [0.717, 1.165) is 20.8 Å². The molecule has 1 aromatic carbocycles. The van der Waals surface area contributed by atoms with E-state index >= 15 is 0 Å². The van der Waals surface area contributed by atoms with Gasteiger partial charge in [-0.25, -0.2) is 9.48 Å². The molecule has 0 spiro atoms. The van der Waals surface area contributed by atoms with Crippen molar-refractivity contribution in [2.24, 2.45) is 0 Å². The number of hydrogen-bond acceptors (Lipinski definition) is 14. The molecule has 15 heteroatoms. The molecular weight excluding hydrogens is 522 g/mol. The minimum absolute atomic E-state index is 0.00956. The number of rotatable bonds is 9. The third kappa shape index (κ3) is 7.73. The van der Waals surface area contributed by atoms with Crippen molar-refractivity contribution in [2.45, 2.75) is 58.4 Å². The predicted octanol–water partition coefficient (Wildman–Crippen LogP) is 0.516. The van der Waals surface area contributed by atoms with Gasteiger partial charge in [0.1, 0.15) is 18.5 Å². The molecule has 0 bridgehead atoms. The van der Waals surface area contributed by atoms with Gasteiger partial charge in [0.05, 0.1) is 19.0 Å². The monoisotopic (exact) mass is 549 g/mol. The van der Waals surface area contributed by atoms with Gasteiger partial charge in [-0.1, -0.05) is 5.21 Å². The molecule has 210 valence electrons. The molecule has 0 radical (unpaired) electrons. The van der Waals surface area contributed by atoms with Gasteiger partial charge in [-0.3, -0.25) is 19.2 Å². The smallest absolute Gasteiger partial charge is 0.360 e. The van der Waals surface area contributed by atoms with Crippen LogP contribution in [0.25, 0.3) is 5.69 Å². The second kappa shape index (κ2) is 12.8. The lowest BCUT2D eigenvalue weighted by Gasteiger charge is -2.43. The van der Waals surface area contributed by atoms with Crippen molar-refractivity contribution in [2.75, 3.05) is 13.7 Å². The number of carbonyl (C=O) groups excluding carboxylic acids is 5. The molecular formula is C24H27N3O12. The van der Waals surface area contributed by atoms with Crippen LogP contribution in [0.3, 0.4) is 0 Å². The minimum Gasteiger partial charge on any atom is -0.464 e. The zero-order valence-electron chi connectivity index (χ0n) is 21.7. The van der Waals surface area contributed by atoms with E-state index < -0.39 is 60.6 Å². The van der Waals surface area contributed by atoms with Gasteiger partial charge in [0.15, 0.2) is 17.9 Å². The van der Waals surface area contributed by atoms with Crippen LogP contribution < -0.4 is 4.74 Å². The van der Waals surface area contributed by atoms with Gasteiger partial charge in [0, 0.05) is 27.7 Å². The molecule has 0 aliphatic carbocycles. The summed E-state index contributed by atoms with van der Waals surface area (Å²) in [6.45, 7) is 4.17. The van der Waals surface area contributed by atoms with E-state index in [9.17, 15) is 24.0 Å². The van der Waals surface area contributed by atoms with E-state index in [0.29, 0.717) is 5.69 Å². The van der Waals surface area contributed by atoms with E-state index in [1.165, 1.54) is 37.0 Å². The Morgan fingerprint density at radius 1 is 0.846 bits per heavy atom. The second-order valence-electron chi connectivity index (χ2n) is 8.22. The van der Waals surface area contributed by atoms with Gasteiger partial charge in [-0.2, -0.15) is 0 Å². The highest BCUT2D eigenvalue weighted by atomic mass is 16.7. The van der Waals surface area contributed by atoms with E-state index in [1.807, 2.05) is 0 Å². The highest BCUT2D eigenvalue weighted by Gasteiger charge is 2.53. The number of aromatic nitrogens is 3. The number of benzene rings is 1. The molecule has 2 heterocycles. The van der Waals surface area contributed by atoms with Gasteiger partial charge >= 0.3 is 29.8 Å². The molecule has 1 aliphatic rings. The number of esters is 5. The molecule has 0 unspecified atom stereocenters. The van der Waals surface area contributed by atoms with Crippen LogP contribution in [-0.4, -0.2) is 89.3 Å². The maximum atomic E-state index is 11.9. The van der Waals surface area contributed by atoms with Crippen LogP contribution in [0.2, 0.25) is 0 Å². The molecule has 1 aromatic heterocycles. The molecule has 15 nitrogen and oxygen atoms in total. The number of carbonyl (C=O) groups is 5. The summed E-state index contributed by atoms with van der Waals surface area (Å²) in [5.74, 6) is -3.31. The summed E-state index contributed by atoms with van der Waals surface area (Å²) in [5.41, 5.74) is 0.530. The van der Waals surface area contributed by atoms with Crippen LogP contribution in [0, 0.1) is 0 Å². The molecule has 1 aliphatic heterocycles. The first kappa shape index (κ1) is 29.0. The lowest BCUT2D eigenvalue weighted by molar-refractivity contribution is -0.288. The molecule has 1 saturated heterocycles. The van der Waals surface area contributed by atoms with Crippen molar-refractivity contribution < 1.29 is 57.1 Å². The van der Waals surface area contributed by atoms with E-state index in [-0.39, 0.29) is 18.1 Å². The highest BCUT2D eigenvalue weighted by Crippen LogP contribution is 2.31. The van der Waals surface area contributed by atoms with E-state index in [1.54, 1.807) is 12.1 Å². The maximum absolute atomic E-state index is 11.9. The van der Waals surface area contributed by atoms with Crippen molar-refractivity contribution >= 4 is 29.8 Å². The molecule has 0 N–H and O–H groups in total. The molecule has 3 rings (SSSR count). The van der Waals surface area contributed by atoms with Crippen LogP contribution in [0.4, 0.5) is 0 Å². The van der Waals surface area contributed by atoms with E-state index in [4.69, 9.17) is 28.4 Å². The SMILES string of the molecule is COC(=O)c1cn(-c2ccc(O[C@@H]3O[C@H](COC(C)=O)[C@@H](OC(C)=O)[C@H](OC(C)=O)[C@@H]3OC(C)=O)cc2)nn1. The van der Waals surface area contributed by atoms with Crippen molar-refractivity contribution in [3.8, 4) is 11.4 Å². The Balaban J connectivity index is 1.90. The number of ether oxygens (including phenoxy) is 7. The van der Waals surface area contributed by atoms with Gasteiger partial charge < -0.3 is 33.2 Å². The molecule has 5 atom stereocenters. The molecule has 0 amide bonds. The maximum Gasteiger partial charge on any atom is 0.360 e. The summed E-state index contributed by atoms with van der Waals surface area (Å²) in [4.78, 5) is 58.8. The average Bonchev–Trinajstić information content (AvgIpc) is 3.36. The normalized spacial score (nSPS) is 22.2. The zero-order valence-corrected chi connectivity index (χ0v) is 21.7. The quantitative estimate of drug-likeness (QED) is 0.312. The largest absolute Gasteiger partial charge is 0.464 e. The first-order valence-corrected chi connectivity index (χ1v) is 11.6. The van der Waals surface area contributed by atoms with Crippen LogP contribution in [0.15, 0.2) is 30.5 Å². The zero-order chi connectivity index (χ0) is 28.7. The fourth-order valence-electron chi connectivity index (χ4n) is 3.68. The first-order valence-electron chi connectivity index (χ1n) is 11.6. The van der Waals surface area contributed by atoms with Gasteiger partial charge in [0.2, 0.25) is 12.4 Å².